The molecule has 0 aliphatic carbocycles. The molecule has 0 aliphatic rings. The molecule has 1 rings (SSSR count). The van der Waals surface area contributed by atoms with E-state index in [-0.39, 0.29) is 30.7 Å². The molecule has 0 fully saturated rings. The van der Waals surface area contributed by atoms with E-state index in [1.54, 1.807) is 24.3 Å². The van der Waals surface area contributed by atoms with E-state index in [4.69, 9.17) is 9.47 Å². The molecular formula is C19H25NO5. The fraction of sp³-hybridized carbons (Fsp3) is 0.421. The van der Waals surface area contributed by atoms with E-state index in [9.17, 15) is 14.4 Å². The molecule has 6 nitrogen and oxygen atoms in total. The molecule has 0 atom stereocenters. The van der Waals surface area contributed by atoms with Crippen molar-refractivity contribution in [3.05, 3.63) is 41.5 Å². The number of carbonyl (C=O) groups excluding carboxylic acids is 3. The van der Waals surface area contributed by atoms with Gasteiger partial charge in [-0.15, -0.1) is 0 Å². The summed E-state index contributed by atoms with van der Waals surface area (Å²) in [5, 5.41) is 2.72. The maximum absolute atomic E-state index is 12.2. The third kappa shape index (κ3) is 8.15. The lowest BCUT2D eigenvalue weighted by atomic mass is 10.1. The summed E-state index contributed by atoms with van der Waals surface area (Å²) in [4.78, 5) is 34.8. The van der Waals surface area contributed by atoms with Gasteiger partial charge in [-0.25, -0.2) is 0 Å². The Morgan fingerprint density at radius 2 is 1.96 bits per heavy atom. The van der Waals surface area contributed by atoms with Crippen molar-refractivity contribution < 1.29 is 23.9 Å². The zero-order chi connectivity index (χ0) is 18.7. The summed E-state index contributed by atoms with van der Waals surface area (Å²) in [7, 11) is 0. The van der Waals surface area contributed by atoms with Crippen molar-refractivity contribution in [3.63, 3.8) is 0 Å². The third-order valence-electron chi connectivity index (χ3n) is 3.19. The summed E-state index contributed by atoms with van der Waals surface area (Å²) < 4.78 is 10.1. The topological polar surface area (TPSA) is 81.7 Å². The van der Waals surface area contributed by atoms with Crippen LogP contribution in [0.2, 0.25) is 0 Å². The van der Waals surface area contributed by atoms with Crippen molar-refractivity contribution >= 4 is 17.8 Å². The molecule has 25 heavy (non-hydrogen) atoms. The number of benzene rings is 1. The summed E-state index contributed by atoms with van der Waals surface area (Å²) in [6.07, 6.45) is 5.33. The van der Waals surface area contributed by atoms with Gasteiger partial charge < -0.3 is 14.8 Å². The Hall–Kier alpha value is -2.63. The largest absolute Gasteiger partial charge is 0.465 e. The Balaban J connectivity index is 2.41. The summed E-state index contributed by atoms with van der Waals surface area (Å²) in [6.45, 7) is 5.71. The molecule has 0 aliphatic heterocycles. The van der Waals surface area contributed by atoms with E-state index in [0.29, 0.717) is 18.5 Å². The number of hydrogen-bond acceptors (Lipinski definition) is 5. The minimum atomic E-state index is -0.483. The van der Waals surface area contributed by atoms with Gasteiger partial charge in [-0.3, -0.25) is 14.4 Å². The molecule has 0 spiro atoms. The van der Waals surface area contributed by atoms with Gasteiger partial charge in [0.2, 0.25) is 0 Å². The molecule has 0 unspecified atom stereocenters. The van der Waals surface area contributed by atoms with Crippen LogP contribution in [-0.4, -0.2) is 31.0 Å². The van der Waals surface area contributed by atoms with Crippen molar-refractivity contribution in [1.29, 1.82) is 0 Å². The van der Waals surface area contributed by atoms with Crippen LogP contribution in [0, 0.1) is 6.92 Å². The highest BCUT2D eigenvalue weighted by molar-refractivity contribution is 5.97. The maximum atomic E-state index is 12.2. The quantitative estimate of drug-likeness (QED) is 0.321. The van der Waals surface area contributed by atoms with Crippen molar-refractivity contribution in [2.24, 2.45) is 0 Å². The SMILES string of the molecule is CC/C=C\CC(=O)OCCCNC(=O)c1ccc(C)cc1OC(C)=O. The number of ether oxygens (including phenoxy) is 2. The van der Waals surface area contributed by atoms with Crippen molar-refractivity contribution in [2.75, 3.05) is 13.2 Å². The maximum Gasteiger partial charge on any atom is 0.309 e. The molecule has 0 saturated carbocycles. The number of allylic oxidation sites excluding steroid dienone is 1. The van der Waals surface area contributed by atoms with Crippen LogP contribution < -0.4 is 10.1 Å². The molecule has 0 radical (unpaired) electrons. The Kier molecular flexibility index (Phi) is 9.00. The van der Waals surface area contributed by atoms with Gasteiger partial charge >= 0.3 is 11.9 Å². The molecule has 1 aromatic carbocycles. The van der Waals surface area contributed by atoms with Gasteiger partial charge in [0.25, 0.3) is 5.91 Å². The van der Waals surface area contributed by atoms with Crippen LogP contribution in [0.5, 0.6) is 5.75 Å². The predicted octanol–water partition coefficient (Wildman–Crippen LogP) is 2.94. The number of amides is 1. The van der Waals surface area contributed by atoms with Crippen molar-refractivity contribution in [1.82, 2.24) is 5.32 Å². The first-order valence-electron chi connectivity index (χ1n) is 8.32. The highest BCUT2D eigenvalue weighted by Crippen LogP contribution is 2.20. The van der Waals surface area contributed by atoms with Crippen LogP contribution in [0.25, 0.3) is 0 Å². The summed E-state index contributed by atoms with van der Waals surface area (Å²) in [5.74, 6) is -0.872. The first-order valence-corrected chi connectivity index (χ1v) is 8.32. The summed E-state index contributed by atoms with van der Waals surface area (Å²) in [6, 6.07) is 5.03. The first-order chi connectivity index (χ1) is 11.9. The highest BCUT2D eigenvalue weighted by atomic mass is 16.5. The molecule has 1 amide bonds. The van der Waals surface area contributed by atoms with Crippen LogP contribution in [0.4, 0.5) is 0 Å². The second-order valence-corrected chi connectivity index (χ2v) is 5.51. The molecule has 1 aromatic rings. The number of carbonyl (C=O) groups is 3. The van der Waals surface area contributed by atoms with E-state index < -0.39 is 5.97 Å². The average Bonchev–Trinajstić information content (AvgIpc) is 2.54. The van der Waals surface area contributed by atoms with Crippen LogP contribution in [0.15, 0.2) is 30.4 Å². The Labute approximate surface area is 148 Å². The molecule has 136 valence electrons. The van der Waals surface area contributed by atoms with E-state index in [1.807, 2.05) is 19.9 Å². The van der Waals surface area contributed by atoms with Crippen molar-refractivity contribution in [3.8, 4) is 5.75 Å². The van der Waals surface area contributed by atoms with Gasteiger partial charge in [0, 0.05) is 13.5 Å². The number of esters is 2. The second kappa shape index (κ2) is 11.0. The molecule has 0 saturated heterocycles. The smallest absolute Gasteiger partial charge is 0.309 e. The molecule has 0 bridgehead atoms. The minimum Gasteiger partial charge on any atom is -0.465 e. The lowest BCUT2D eigenvalue weighted by Gasteiger charge is -2.10. The number of rotatable bonds is 9. The first kappa shape index (κ1) is 20.4. The fourth-order valence-corrected chi connectivity index (χ4v) is 2.02. The summed E-state index contributed by atoms with van der Waals surface area (Å²) >= 11 is 0. The summed E-state index contributed by atoms with van der Waals surface area (Å²) in [5.41, 5.74) is 1.18. The van der Waals surface area contributed by atoms with E-state index >= 15 is 0 Å². The lowest BCUT2D eigenvalue weighted by molar-refractivity contribution is -0.142. The lowest BCUT2D eigenvalue weighted by Crippen LogP contribution is -2.26. The van der Waals surface area contributed by atoms with Gasteiger partial charge in [0.1, 0.15) is 5.75 Å². The second-order valence-electron chi connectivity index (χ2n) is 5.51. The zero-order valence-corrected chi connectivity index (χ0v) is 15.0. The Morgan fingerprint density at radius 1 is 1.20 bits per heavy atom. The third-order valence-corrected chi connectivity index (χ3v) is 3.19. The standard InChI is InChI=1S/C19H25NO5/c1-4-5-6-8-18(22)24-12-7-11-20-19(23)16-10-9-14(2)13-17(16)25-15(3)21/h5-6,9-10,13H,4,7-8,11-12H2,1-3H3,(H,20,23)/b6-5-. The number of aryl methyl sites for hydroxylation is 1. The van der Waals surface area contributed by atoms with Crippen LogP contribution in [0.3, 0.4) is 0 Å². The Morgan fingerprint density at radius 3 is 2.64 bits per heavy atom. The van der Waals surface area contributed by atoms with Gasteiger partial charge in [-0.2, -0.15) is 0 Å². The molecule has 6 heteroatoms. The highest BCUT2D eigenvalue weighted by Gasteiger charge is 2.14. The zero-order valence-electron chi connectivity index (χ0n) is 15.0. The minimum absolute atomic E-state index is 0.235. The van der Waals surface area contributed by atoms with Crippen LogP contribution >= 0.6 is 0 Å². The monoisotopic (exact) mass is 347 g/mol. The number of hydrogen-bond donors (Lipinski definition) is 1. The molecule has 0 heterocycles. The molecule has 0 aromatic heterocycles. The molecule has 1 N–H and O–H groups in total. The number of nitrogens with one attached hydrogen (secondary N) is 1. The van der Waals surface area contributed by atoms with Gasteiger partial charge in [-0.1, -0.05) is 25.1 Å². The van der Waals surface area contributed by atoms with Gasteiger partial charge in [0.15, 0.2) is 0 Å². The van der Waals surface area contributed by atoms with Gasteiger partial charge in [0.05, 0.1) is 18.6 Å². The Bertz CT molecular complexity index is 637. The van der Waals surface area contributed by atoms with Crippen LogP contribution in [0.1, 0.15) is 49.0 Å². The van der Waals surface area contributed by atoms with Gasteiger partial charge in [-0.05, 0) is 37.5 Å². The fourth-order valence-electron chi connectivity index (χ4n) is 2.02. The van der Waals surface area contributed by atoms with E-state index in [1.165, 1.54) is 6.92 Å². The van der Waals surface area contributed by atoms with Crippen molar-refractivity contribution in [2.45, 2.75) is 40.0 Å². The average molecular weight is 347 g/mol. The molecular weight excluding hydrogens is 322 g/mol. The van der Waals surface area contributed by atoms with E-state index in [2.05, 4.69) is 5.32 Å². The van der Waals surface area contributed by atoms with E-state index in [0.717, 1.165) is 12.0 Å². The predicted molar refractivity (Wildman–Crippen MR) is 94.4 cm³/mol. The van der Waals surface area contributed by atoms with Crippen LogP contribution in [-0.2, 0) is 14.3 Å². The normalized spacial score (nSPS) is 10.5.